The Hall–Kier alpha value is -1.51. The number of rotatable bonds is 4. The third kappa shape index (κ3) is 2.54. The van der Waals surface area contributed by atoms with Gasteiger partial charge >= 0.3 is 5.97 Å². The lowest BCUT2D eigenvalue weighted by molar-refractivity contribution is -0.142. The number of carbonyl (C=O) groups is 1. The summed E-state index contributed by atoms with van der Waals surface area (Å²) in [6.45, 7) is 3.94. The second kappa shape index (κ2) is 5.54. The maximum atomic E-state index is 11.6. The molecule has 0 aliphatic heterocycles. The molecule has 1 aromatic carbocycles. The zero-order chi connectivity index (χ0) is 12.1. The van der Waals surface area contributed by atoms with E-state index in [1.807, 2.05) is 32.0 Å². The van der Waals surface area contributed by atoms with Crippen LogP contribution in [0.25, 0.3) is 0 Å². The van der Waals surface area contributed by atoms with Crippen LogP contribution in [0.15, 0.2) is 18.2 Å². The highest BCUT2D eigenvalue weighted by molar-refractivity contribution is 5.78. The van der Waals surface area contributed by atoms with E-state index in [1.165, 1.54) is 7.11 Å². The molecule has 0 amide bonds. The standard InChI is InChI=1S/C13H18O3/c1-5-11(13(14)16-4)10-6-7-12(15-3)9(2)8-10/h6-8,11H,5H2,1-4H3. The van der Waals surface area contributed by atoms with Crippen LogP contribution >= 0.6 is 0 Å². The molecule has 0 spiro atoms. The Morgan fingerprint density at radius 1 is 1.38 bits per heavy atom. The molecular formula is C13H18O3. The van der Waals surface area contributed by atoms with Crippen LogP contribution in [0.3, 0.4) is 0 Å². The first-order valence-electron chi connectivity index (χ1n) is 5.36. The smallest absolute Gasteiger partial charge is 0.313 e. The Bertz CT molecular complexity index is 371. The molecule has 1 aromatic rings. The summed E-state index contributed by atoms with van der Waals surface area (Å²) in [4.78, 5) is 11.6. The van der Waals surface area contributed by atoms with Crippen molar-refractivity contribution in [1.82, 2.24) is 0 Å². The van der Waals surface area contributed by atoms with E-state index < -0.39 is 0 Å². The van der Waals surface area contributed by atoms with Gasteiger partial charge in [-0.25, -0.2) is 0 Å². The van der Waals surface area contributed by atoms with Crippen LogP contribution in [0.4, 0.5) is 0 Å². The molecule has 3 nitrogen and oxygen atoms in total. The van der Waals surface area contributed by atoms with Crippen molar-refractivity contribution in [3.05, 3.63) is 29.3 Å². The summed E-state index contributed by atoms with van der Waals surface area (Å²) in [7, 11) is 3.06. The average molecular weight is 222 g/mol. The monoisotopic (exact) mass is 222 g/mol. The molecule has 1 atom stereocenters. The highest BCUT2D eigenvalue weighted by Gasteiger charge is 2.19. The second-order valence-corrected chi connectivity index (χ2v) is 3.71. The fourth-order valence-electron chi connectivity index (χ4n) is 1.80. The molecule has 0 aliphatic carbocycles. The van der Waals surface area contributed by atoms with Gasteiger partial charge in [-0.1, -0.05) is 19.1 Å². The first-order valence-corrected chi connectivity index (χ1v) is 5.36. The van der Waals surface area contributed by atoms with Crippen molar-refractivity contribution < 1.29 is 14.3 Å². The lowest BCUT2D eigenvalue weighted by Gasteiger charge is -2.14. The van der Waals surface area contributed by atoms with Crippen molar-refractivity contribution >= 4 is 5.97 Å². The Kier molecular flexibility index (Phi) is 4.35. The van der Waals surface area contributed by atoms with Gasteiger partial charge < -0.3 is 9.47 Å². The van der Waals surface area contributed by atoms with Crippen LogP contribution in [0.5, 0.6) is 5.75 Å². The number of ether oxygens (including phenoxy) is 2. The molecule has 0 radical (unpaired) electrons. The van der Waals surface area contributed by atoms with E-state index in [0.29, 0.717) is 0 Å². The highest BCUT2D eigenvalue weighted by atomic mass is 16.5. The van der Waals surface area contributed by atoms with Crippen LogP contribution in [0.1, 0.15) is 30.4 Å². The SMILES string of the molecule is CCC(C(=O)OC)c1ccc(OC)c(C)c1. The van der Waals surface area contributed by atoms with Crippen molar-refractivity contribution in [3.63, 3.8) is 0 Å². The summed E-state index contributed by atoms with van der Waals surface area (Å²) in [5.41, 5.74) is 2.01. The molecule has 16 heavy (non-hydrogen) atoms. The average Bonchev–Trinajstić information content (AvgIpc) is 2.30. The molecule has 0 N–H and O–H groups in total. The minimum atomic E-state index is -0.188. The van der Waals surface area contributed by atoms with Crippen molar-refractivity contribution in [2.75, 3.05) is 14.2 Å². The number of carbonyl (C=O) groups excluding carboxylic acids is 1. The first-order chi connectivity index (χ1) is 7.63. The molecule has 0 aliphatic rings. The Morgan fingerprint density at radius 3 is 2.50 bits per heavy atom. The topological polar surface area (TPSA) is 35.5 Å². The molecule has 0 saturated heterocycles. The molecule has 0 bridgehead atoms. The molecule has 0 fully saturated rings. The van der Waals surface area contributed by atoms with Crippen LogP contribution in [-0.2, 0) is 9.53 Å². The molecule has 88 valence electrons. The van der Waals surface area contributed by atoms with E-state index in [2.05, 4.69) is 0 Å². The molecule has 3 heteroatoms. The molecule has 0 aromatic heterocycles. The molecule has 0 heterocycles. The lowest BCUT2D eigenvalue weighted by atomic mass is 9.95. The minimum absolute atomic E-state index is 0.186. The zero-order valence-electron chi connectivity index (χ0n) is 10.2. The van der Waals surface area contributed by atoms with Crippen LogP contribution in [-0.4, -0.2) is 20.2 Å². The van der Waals surface area contributed by atoms with Crippen LogP contribution < -0.4 is 4.74 Å². The van der Waals surface area contributed by atoms with Crippen LogP contribution in [0, 0.1) is 6.92 Å². The van der Waals surface area contributed by atoms with Gasteiger partial charge in [-0.15, -0.1) is 0 Å². The van der Waals surface area contributed by atoms with Crippen molar-refractivity contribution in [3.8, 4) is 5.75 Å². The van der Waals surface area contributed by atoms with Gasteiger partial charge in [-0.05, 0) is 30.5 Å². The minimum Gasteiger partial charge on any atom is -0.496 e. The summed E-state index contributed by atoms with van der Waals surface area (Å²) in [5, 5.41) is 0. The van der Waals surface area contributed by atoms with Gasteiger partial charge in [-0.3, -0.25) is 4.79 Å². The number of aryl methyl sites for hydroxylation is 1. The van der Waals surface area contributed by atoms with Gasteiger partial charge in [-0.2, -0.15) is 0 Å². The number of benzene rings is 1. The summed E-state index contributed by atoms with van der Waals surface area (Å²) >= 11 is 0. The highest BCUT2D eigenvalue weighted by Crippen LogP contribution is 2.26. The van der Waals surface area contributed by atoms with E-state index in [0.717, 1.165) is 23.3 Å². The van der Waals surface area contributed by atoms with Crippen LogP contribution in [0.2, 0.25) is 0 Å². The van der Waals surface area contributed by atoms with Gasteiger partial charge in [0.05, 0.1) is 20.1 Å². The normalized spacial score (nSPS) is 12.0. The maximum Gasteiger partial charge on any atom is 0.313 e. The van der Waals surface area contributed by atoms with Gasteiger partial charge in [0.25, 0.3) is 0 Å². The fourth-order valence-corrected chi connectivity index (χ4v) is 1.80. The third-order valence-electron chi connectivity index (χ3n) is 2.72. The lowest BCUT2D eigenvalue weighted by Crippen LogP contribution is -2.13. The van der Waals surface area contributed by atoms with Crippen molar-refractivity contribution in [1.29, 1.82) is 0 Å². The Morgan fingerprint density at radius 2 is 2.06 bits per heavy atom. The first kappa shape index (κ1) is 12.6. The van der Waals surface area contributed by atoms with Gasteiger partial charge in [0.15, 0.2) is 0 Å². The summed E-state index contributed by atoms with van der Waals surface area (Å²) < 4.78 is 9.97. The maximum absolute atomic E-state index is 11.6. The van der Waals surface area contributed by atoms with Gasteiger partial charge in [0, 0.05) is 0 Å². The molecule has 0 saturated carbocycles. The molecule has 1 unspecified atom stereocenters. The second-order valence-electron chi connectivity index (χ2n) is 3.71. The van der Waals surface area contributed by atoms with Gasteiger partial charge in [0.1, 0.15) is 5.75 Å². The fraction of sp³-hybridized carbons (Fsp3) is 0.462. The summed E-state index contributed by atoms with van der Waals surface area (Å²) in [6.07, 6.45) is 0.735. The number of methoxy groups -OCH3 is 2. The number of hydrogen-bond donors (Lipinski definition) is 0. The van der Waals surface area contributed by atoms with Gasteiger partial charge in [0.2, 0.25) is 0 Å². The van der Waals surface area contributed by atoms with E-state index in [-0.39, 0.29) is 11.9 Å². The quantitative estimate of drug-likeness (QED) is 0.735. The summed E-state index contributed by atoms with van der Waals surface area (Å²) in [6, 6.07) is 5.77. The largest absolute Gasteiger partial charge is 0.496 e. The molecular weight excluding hydrogens is 204 g/mol. The predicted octanol–water partition coefficient (Wildman–Crippen LogP) is 2.67. The van der Waals surface area contributed by atoms with E-state index >= 15 is 0 Å². The Balaban J connectivity index is 3.03. The zero-order valence-corrected chi connectivity index (χ0v) is 10.2. The Labute approximate surface area is 96.4 Å². The summed E-state index contributed by atoms with van der Waals surface area (Å²) in [5.74, 6) is 0.463. The number of hydrogen-bond acceptors (Lipinski definition) is 3. The van der Waals surface area contributed by atoms with Crippen molar-refractivity contribution in [2.24, 2.45) is 0 Å². The van der Waals surface area contributed by atoms with E-state index in [1.54, 1.807) is 7.11 Å². The van der Waals surface area contributed by atoms with Crippen molar-refractivity contribution in [2.45, 2.75) is 26.2 Å². The van der Waals surface area contributed by atoms with E-state index in [4.69, 9.17) is 9.47 Å². The molecule has 1 rings (SSSR count). The number of esters is 1. The van der Waals surface area contributed by atoms with E-state index in [9.17, 15) is 4.79 Å². The third-order valence-corrected chi connectivity index (χ3v) is 2.72. The predicted molar refractivity (Wildman–Crippen MR) is 62.8 cm³/mol.